The Morgan fingerprint density at radius 3 is 2.68 bits per heavy atom. The van der Waals surface area contributed by atoms with Gasteiger partial charge in [-0.2, -0.15) is 0 Å². The van der Waals surface area contributed by atoms with Gasteiger partial charge in [-0.25, -0.2) is 0 Å². The minimum atomic E-state index is 0.235. The lowest BCUT2D eigenvalue weighted by atomic mass is 10.1. The molecule has 1 N–H and O–H groups in total. The number of anilines is 1. The number of nitrogens with one attached hydrogen (secondary N) is 1. The summed E-state index contributed by atoms with van der Waals surface area (Å²) >= 11 is 0. The lowest BCUT2D eigenvalue weighted by Gasteiger charge is -2.30. The lowest BCUT2D eigenvalue weighted by Crippen LogP contribution is -2.38. The molecule has 0 radical (unpaired) electrons. The quantitative estimate of drug-likeness (QED) is 0.906. The zero-order valence-electron chi connectivity index (χ0n) is 12.4. The fraction of sp³-hybridized carbons (Fsp3) is 0.625. The summed E-state index contributed by atoms with van der Waals surface area (Å²) < 4.78 is 5.69. The molecule has 3 nitrogen and oxygen atoms in total. The van der Waals surface area contributed by atoms with E-state index >= 15 is 0 Å². The highest BCUT2D eigenvalue weighted by Gasteiger charge is 2.13. The minimum absolute atomic E-state index is 0.235. The molecule has 1 atom stereocenters. The summed E-state index contributed by atoms with van der Waals surface area (Å²) in [6.45, 7) is 10.9. The van der Waals surface area contributed by atoms with Crippen molar-refractivity contribution in [2.24, 2.45) is 5.92 Å². The highest BCUT2D eigenvalue weighted by atomic mass is 16.5. The number of nitrogens with zero attached hydrogens (tertiary/aromatic N) is 1. The smallest absolute Gasteiger partial charge is 0.119 e. The molecule has 0 saturated carbocycles. The second kappa shape index (κ2) is 6.80. The molecule has 2 rings (SSSR count). The number of rotatable bonds is 3. The third-order valence-electron chi connectivity index (χ3n) is 3.38. The molecule has 0 aromatic heterocycles. The average Bonchev–Trinajstić information content (AvgIpc) is 2.34. The van der Waals surface area contributed by atoms with Crippen LogP contribution in [-0.4, -0.2) is 32.3 Å². The molecule has 1 unspecified atom stereocenters. The van der Waals surface area contributed by atoms with E-state index in [1.165, 1.54) is 12.1 Å². The Balaban J connectivity index is 2.02. The first-order chi connectivity index (χ1) is 9.15. The summed E-state index contributed by atoms with van der Waals surface area (Å²) in [6, 6.07) is 8.52. The molecule has 0 spiro atoms. The van der Waals surface area contributed by atoms with Crippen LogP contribution >= 0.6 is 0 Å². The molecule has 1 fully saturated rings. The van der Waals surface area contributed by atoms with Crippen molar-refractivity contribution in [3.63, 3.8) is 0 Å². The SMILES string of the molecule is CC1CNCCCN(c2ccc(OC(C)C)cc2)C1. The Morgan fingerprint density at radius 1 is 1.26 bits per heavy atom. The molecule has 106 valence electrons. The number of hydrogen-bond donors (Lipinski definition) is 1. The maximum absolute atomic E-state index is 5.69. The first kappa shape index (κ1) is 14.2. The Hall–Kier alpha value is -1.22. The summed E-state index contributed by atoms with van der Waals surface area (Å²) in [5.41, 5.74) is 1.31. The van der Waals surface area contributed by atoms with Gasteiger partial charge in [-0.05, 0) is 63.5 Å². The molecule has 1 aliphatic heterocycles. The van der Waals surface area contributed by atoms with Gasteiger partial charge in [0.25, 0.3) is 0 Å². The van der Waals surface area contributed by atoms with E-state index in [4.69, 9.17) is 4.74 Å². The number of hydrogen-bond acceptors (Lipinski definition) is 3. The molecule has 0 bridgehead atoms. The highest BCUT2D eigenvalue weighted by molar-refractivity contribution is 5.49. The Bertz CT molecular complexity index is 375. The second-order valence-electron chi connectivity index (χ2n) is 5.77. The van der Waals surface area contributed by atoms with Gasteiger partial charge < -0.3 is 15.0 Å². The molecule has 1 aromatic rings. The highest BCUT2D eigenvalue weighted by Crippen LogP contribution is 2.21. The Kier molecular flexibility index (Phi) is 5.08. The van der Waals surface area contributed by atoms with Gasteiger partial charge in [-0.1, -0.05) is 6.92 Å². The standard InChI is InChI=1S/C16H26N2O/c1-13(2)19-16-7-5-15(6-8-16)18-10-4-9-17-11-14(3)12-18/h5-8,13-14,17H,4,9-12H2,1-3H3. The van der Waals surface area contributed by atoms with Crippen molar-refractivity contribution >= 4 is 5.69 Å². The monoisotopic (exact) mass is 262 g/mol. The van der Waals surface area contributed by atoms with Crippen LogP contribution in [0.15, 0.2) is 24.3 Å². The van der Waals surface area contributed by atoms with E-state index < -0.39 is 0 Å². The molecule has 19 heavy (non-hydrogen) atoms. The molecule has 1 aromatic carbocycles. The van der Waals surface area contributed by atoms with Crippen molar-refractivity contribution < 1.29 is 4.74 Å². The first-order valence-electron chi connectivity index (χ1n) is 7.37. The van der Waals surface area contributed by atoms with E-state index in [9.17, 15) is 0 Å². The van der Waals surface area contributed by atoms with Gasteiger partial charge in [0.2, 0.25) is 0 Å². The van der Waals surface area contributed by atoms with Crippen molar-refractivity contribution in [3.8, 4) is 5.75 Å². The minimum Gasteiger partial charge on any atom is -0.491 e. The van der Waals surface area contributed by atoms with Crippen LogP contribution in [0.3, 0.4) is 0 Å². The predicted molar refractivity (Wildman–Crippen MR) is 81.1 cm³/mol. The third kappa shape index (κ3) is 4.43. The van der Waals surface area contributed by atoms with Crippen molar-refractivity contribution in [2.45, 2.75) is 33.3 Å². The first-order valence-corrected chi connectivity index (χ1v) is 7.37. The average molecular weight is 262 g/mol. The normalized spacial score (nSPS) is 21.1. The van der Waals surface area contributed by atoms with Gasteiger partial charge in [-0.3, -0.25) is 0 Å². The molecule has 1 aliphatic rings. The molecule has 3 heteroatoms. The van der Waals surface area contributed by atoms with Crippen molar-refractivity contribution in [1.82, 2.24) is 5.32 Å². The second-order valence-corrected chi connectivity index (χ2v) is 5.77. The van der Waals surface area contributed by atoms with Gasteiger partial charge in [0.15, 0.2) is 0 Å². The molecule has 1 saturated heterocycles. The van der Waals surface area contributed by atoms with E-state index in [2.05, 4.69) is 55.3 Å². The molecule has 0 amide bonds. The van der Waals surface area contributed by atoms with Crippen LogP contribution in [-0.2, 0) is 0 Å². The predicted octanol–water partition coefficient (Wildman–Crippen LogP) is 2.91. The van der Waals surface area contributed by atoms with E-state index in [0.717, 1.165) is 31.9 Å². The lowest BCUT2D eigenvalue weighted by molar-refractivity contribution is 0.242. The van der Waals surface area contributed by atoms with E-state index in [1.807, 2.05) is 0 Å². The van der Waals surface area contributed by atoms with Crippen LogP contribution in [0, 0.1) is 5.92 Å². The van der Waals surface area contributed by atoms with Crippen molar-refractivity contribution in [3.05, 3.63) is 24.3 Å². The van der Waals surface area contributed by atoms with E-state index in [-0.39, 0.29) is 6.10 Å². The van der Waals surface area contributed by atoms with Crippen LogP contribution in [0.5, 0.6) is 5.75 Å². The van der Waals surface area contributed by atoms with Crippen LogP contribution in [0.1, 0.15) is 27.2 Å². The largest absolute Gasteiger partial charge is 0.491 e. The van der Waals surface area contributed by atoms with Crippen molar-refractivity contribution in [2.75, 3.05) is 31.1 Å². The zero-order chi connectivity index (χ0) is 13.7. The fourth-order valence-electron chi connectivity index (χ4n) is 2.52. The van der Waals surface area contributed by atoms with Gasteiger partial charge in [0, 0.05) is 18.8 Å². The van der Waals surface area contributed by atoms with E-state index in [1.54, 1.807) is 0 Å². The van der Waals surface area contributed by atoms with Crippen LogP contribution in [0.4, 0.5) is 5.69 Å². The summed E-state index contributed by atoms with van der Waals surface area (Å²) in [5.74, 6) is 1.65. The maximum atomic E-state index is 5.69. The van der Waals surface area contributed by atoms with Gasteiger partial charge in [0.1, 0.15) is 5.75 Å². The topological polar surface area (TPSA) is 24.5 Å². The zero-order valence-corrected chi connectivity index (χ0v) is 12.4. The number of ether oxygens (including phenoxy) is 1. The van der Waals surface area contributed by atoms with Crippen LogP contribution in [0.2, 0.25) is 0 Å². The van der Waals surface area contributed by atoms with E-state index in [0.29, 0.717) is 5.92 Å². The molecular formula is C16H26N2O. The summed E-state index contributed by atoms with van der Waals surface area (Å²) in [5, 5.41) is 3.49. The summed E-state index contributed by atoms with van der Waals surface area (Å²) in [7, 11) is 0. The van der Waals surface area contributed by atoms with Crippen molar-refractivity contribution in [1.29, 1.82) is 0 Å². The summed E-state index contributed by atoms with van der Waals surface area (Å²) in [6.07, 6.45) is 1.44. The Labute approximate surface area is 116 Å². The summed E-state index contributed by atoms with van der Waals surface area (Å²) in [4.78, 5) is 2.49. The Morgan fingerprint density at radius 2 is 2.00 bits per heavy atom. The fourth-order valence-corrected chi connectivity index (χ4v) is 2.52. The number of benzene rings is 1. The van der Waals surface area contributed by atoms with Crippen LogP contribution in [0.25, 0.3) is 0 Å². The van der Waals surface area contributed by atoms with Crippen LogP contribution < -0.4 is 15.0 Å². The molecular weight excluding hydrogens is 236 g/mol. The van der Waals surface area contributed by atoms with Gasteiger partial charge in [-0.15, -0.1) is 0 Å². The van der Waals surface area contributed by atoms with Gasteiger partial charge >= 0.3 is 0 Å². The molecule has 1 heterocycles. The molecule has 0 aliphatic carbocycles. The van der Waals surface area contributed by atoms with Gasteiger partial charge in [0.05, 0.1) is 6.10 Å². The maximum Gasteiger partial charge on any atom is 0.119 e. The third-order valence-corrected chi connectivity index (χ3v) is 3.38.